The molecule has 0 aliphatic carbocycles. The lowest BCUT2D eigenvalue weighted by atomic mass is 10.3. The molecule has 0 heterocycles. The molecule has 0 amide bonds. The van der Waals surface area contributed by atoms with Gasteiger partial charge in [-0.25, -0.2) is 0 Å². The standard InChI is InChI=1S/C9H22N2.C2H6/c1-5-10(3)8-7-9-11(4)6-2;1-2/h5-9H2,1-4H3;1-2H3. The molecule has 2 nitrogen and oxygen atoms in total. The van der Waals surface area contributed by atoms with Gasteiger partial charge in [-0.15, -0.1) is 0 Å². The van der Waals surface area contributed by atoms with Gasteiger partial charge in [0.15, 0.2) is 0 Å². The summed E-state index contributed by atoms with van der Waals surface area (Å²) in [4.78, 5) is 4.70. The highest BCUT2D eigenvalue weighted by Crippen LogP contribution is 1.89. The highest BCUT2D eigenvalue weighted by atomic mass is 15.1. The molecule has 0 bridgehead atoms. The molecule has 0 N–H and O–H groups in total. The lowest BCUT2D eigenvalue weighted by Gasteiger charge is -2.17. The average Bonchev–Trinajstić information content (AvgIpc) is 2.20. The Hall–Kier alpha value is -0.0800. The fraction of sp³-hybridized carbons (Fsp3) is 1.00. The third-order valence-electron chi connectivity index (χ3n) is 2.16. The van der Waals surface area contributed by atoms with Crippen molar-refractivity contribution in [1.82, 2.24) is 9.80 Å². The van der Waals surface area contributed by atoms with Crippen molar-refractivity contribution in [3.63, 3.8) is 0 Å². The topological polar surface area (TPSA) is 6.48 Å². The normalized spacial score (nSPS) is 10.2. The van der Waals surface area contributed by atoms with Crippen LogP contribution in [-0.2, 0) is 0 Å². The van der Waals surface area contributed by atoms with Crippen molar-refractivity contribution in [3.05, 3.63) is 0 Å². The van der Waals surface area contributed by atoms with Crippen LogP contribution in [0.5, 0.6) is 0 Å². The SMILES string of the molecule is CC.CCN(C)CCCN(C)CC. The molecule has 0 saturated heterocycles. The van der Waals surface area contributed by atoms with Gasteiger partial charge in [-0.05, 0) is 46.7 Å². The molecule has 0 unspecified atom stereocenters. The molecule has 0 saturated carbocycles. The van der Waals surface area contributed by atoms with Crippen molar-refractivity contribution in [2.75, 3.05) is 40.3 Å². The Kier molecular flexibility index (Phi) is 14.1. The van der Waals surface area contributed by atoms with Crippen molar-refractivity contribution < 1.29 is 0 Å². The predicted molar refractivity (Wildman–Crippen MR) is 62.3 cm³/mol. The molecule has 0 radical (unpaired) electrons. The second-order valence-corrected chi connectivity index (χ2v) is 3.15. The van der Waals surface area contributed by atoms with E-state index in [2.05, 4.69) is 37.7 Å². The average molecular weight is 188 g/mol. The Balaban J connectivity index is 0. The lowest BCUT2D eigenvalue weighted by Crippen LogP contribution is -2.25. The summed E-state index contributed by atoms with van der Waals surface area (Å²) < 4.78 is 0. The number of hydrogen-bond acceptors (Lipinski definition) is 2. The van der Waals surface area contributed by atoms with Crippen LogP contribution in [0, 0.1) is 0 Å². The van der Waals surface area contributed by atoms with Crippen molar-refractivity contribution >= 4 is 0 Å². The lowest BCUT2D eigenvalue weighted by molar-refractivity contribution is 0.293. The maximum atomic E-state index is 2.35. The zero-order valence-electron chi connectivity index (χ0n) is 10.4. The van der Waals surface area contributed by atoms with E-state index in [1.54, 1.807) is 0 Å². The molecule has 0 aromatic heterocycles. The zero-order valence-corrected chi connectivity index (χ0v) is 10.4. The Morgan fingerprint density at radius 2 is 1.08 bits per heavy atom. The van der Waals surface area contributed by atoms with E-state index in [1.807, 2.05) is 13.8 Å². The van der Waals surface area contributed by atoms with Gasteiger partial charge < -0.3 is 9.80 Å². The summed E-state index contributed by atoms with van der Waals surface area (Å²) in [6.07, 6.45) is 1.29. The van der Waals surface area contributed by atoms with Crippen LogP contribution in [0.4, 0.5) is 0 Å². The van der Waals surface area contributed by atoms with E-state index >= 15 is 0 Å². The van der Waals surface area contributed by atoms with E-state index in [9.17, 15) is 0 Å². The van der Waals surface area contributed by atoms with Crippen LogP contribution in [0.15, 0.2) is 0 Å². The van der Waals surface area contributed by atoms with Crippen molar-refractivity contribution in [2.24, 2.45) is 0 Å². The molecule has 0 aliphatic rings. The summed E-state index contributed by atoms with van der Waals surface area (Å²) >= 11 is 0. The summed E-state index contributed by atoms with van der Waals surface area (Å²) in [6, 6.07) is 0. The Bertz CT molecular complexity index is 74.2. The van der Waals surface area contributed by atoms with E-state index in [4.69, 9.17) is 0 Å². The monoisotopic (exact) mass is 188 g/mol. The van der Waals surface area contributed by atoms with Gasteiger partial charge in [0.2, 0.25) is 0 Å². The Morgan fingerprint density at radius 1 is 0.769 bits per heavy atom. The summed E-state index contributed by atoms with van der Waals surface area (Å²) in [5.74, 6) is 0. The predicted octanol–water partition coefficient (Wildman–Crippen LogP) is 2.31. The number of rotatable bonds is 6. The summed E-state index contributed by atoms with van der Waals surface area (Å²) in [7, 11) is 4.35. The second-order valence-electron chi connectivity index (χ2n) is 3.15. The molecule has 0 atom stereocenters. The first-order valence-electron chi connectivity index (χ1n) is 5.57. The van der Waals surface area contributed by atoms with Crippen LogP contribution in [0.3, 0.4) is 0 Å². The van der Waals surface area contributed by atoms with E-state index in [0.717, 1.165) is 13.1 Å². The maximum Gasteiger partial charge on any atom is -0.000972 e. The zero-order chi connectivity index (χ0) is 10.7. The molecule has 2 heteroatoms. The largest absolute Gasteiger partial charge is 0.307 e. The fourth-order valence-electron chi connectivity index (χ4n) is 0.927. The molecule has 0 rings (SSSR count). The van der Waals surface area contributed by atoms with Crippen LogP contribution in [0.2, 0.25) is 0 Å². The quantitative estimate of drug-likeness (QED) is 0.631. The highest BCUT2D eigenvalue weighted by molar-refractivity contribution is 4.52. The molecule has 0 aliphatic heterocycles. The van der Waals surface area contributed by atoms with E-state index < -0.39 is 0 Å². The first kappa shape index (κ1) is 15.4. The molecular formula is C11H28N2. The van der Waals surface area contributed by atoms with Crippen molar-refractivity contribution in [2.45, 2.75) is 34.1 Å². The fourth-order valence-corrected chi connectivity index (χ4v) is 0.927. The minimum atomic E-state index is 1.16. The van der Waals surface area contributed by atoms with Crippen LogP contribution in [0.25, 0.3) is 0 Å². The smallest absolute Gasteiger partial charge is 0.000972 e. The van der Waals surface area contributed by atoms with E-state index in [0.29, 0.717) is 0 Å². The van der Waals surface area contributed by atoms with Crippen LogP contribution in [-0.4, -0.2) is 50.1 Å². The summed E-state index contributed by atoms with van der Waals surface area (Å²) in [5.41, 5.74) is 0. The van der Waals surface area contributed by atoms with Gasteiger partial charge in [0, 0.05) is 0 Å². The van der Waals surface area contributed by atoms with Crippen molar-refractivity contribution in [3.8, 4) is 0 Å². The Labute approximate surface area is 84.9 Å². The number of nitrogens with zero attached hydrogens (tertiary/aromatic N) is 2. The third kappa shape index (κ3) is 11.9. The molecule has 0 aromatic carbocycles. The van der Waals surface area contributed by atoms with Gasteiger partial charge in [0.05, 0.1) is 0 Å². The van der Waals surface area contributed by atoms with Gasteiger partial charge in [-0.3, -0.25) is 0 Å². The molecule has 0 aromatic rings. The minimum absolute atomic E-state index is 1.16. The number of hydrogen-bond donors (Lipinski definition) is 0. The summed E-state index contributed by atoms with van der Waals surface area (Å²) in [5, 5.41) is 0. The Morgan fingerprint density at radius 3 is 1.31 bits per heavy atom. The molecular weight excluding hydrogens is 160 g/mol. The van der Waals surface area contributed by atoms with Gasteiger partial charge in [0.25, 0.3) is 0 Å². The maximum absolute atomic E-state index is 2.35. The van der Waals surface area contributed by atoms with Crippen LogP contribution in [0.1, 0.15) is 34.1 Å². The highest BCUT2D eigenvalue weighted by Gasteiger charge is 1.96. The molecule has 82 valence electrons. The van der Waals surface area contributed by atoms with E-state index in [-0.39, 0.29) is 0 Å². The van der Waals surface area contributed by atoms with Crippen molar-refractivity contribution in [1.29, 1.82) is 0 Å². The molecule has 0 spiro atoms. The minimum Gasteiger partial charge on any atom is -0.307 e. The third-order valence-corrected chi connectivity index (χ3v) is 2.16. The van der Waals surface area contributed by atoms with Crippen LogP contribution < -0.4 is 0 Å². The van der Waals surface area contributed by atoms with Gasteiger partial charge in [0.1, 0.15) is 0 Å². The van der Waals surface area contributed by atoms with E-state index in [1.165, 1.54) is 19.5 Å². The van der Waals surface area contributed by atoms with Gasteiger partial charge in [-0.2, -0.15) is 0 Å². The summed E-state index contributed by atoms with van der Waals surface area (Å²) in [6.45, 7) is 13.2. The molecule has 13 heavy (non-hydrogen) atoms. The van der Waals surface area contributed by atoms with Gasteiger partial charge >= 0.3 is 0 Å². The second kappa shape index (κ2) is 11.9. The first-order valence-corrected chi connectivity index (χ1v) is 5.57. The first-order chi connectivity index (χ1) is 6.20. The van der Waals surface area contributed by atoms with Crippen LogP contribution >= 0.6 is 0 Å². The van der Waals surface area contributed by atoms with Gasteiger partial charge in [-0.1, -0.05) is 27.7 Å². The molecule has 0 fully saturated rings.